The molecule has 2 heterocycles. The molecule has 0 aliphatic rings. The van der Waals surface area contributed by atoms with E-state index in [-0.39, 0.29) is 5.91 Å². The summed E-state index contributed by atoms with van der Waals surface area (Å²) >= 11 is 1.58. The highest BCUT2D eigenvalue weighted by atomic mass is 32.1. The molecule has 0 aliphatic heterocycles. The van der Waals surface area contributed by atoms with Crippen LogP contribution in [0.25, 0.3) is 11.3 Å². The number of rotatable bonds is 4. The van der Waals surface area contributed by atoms with Crippen LogP contribution in [0.1, 0.15) is 29.9 Å². The van der Waals surface area contributed by atoms with Gasteiger partial charge in [0.1, 0.15) is 5.54 Å². The first-order chi connectivity index (χ1) is 10.2. The molecule has 6 heteroatoms. The van der Waals surface area contributed by atoms with Gasteiger partial charge in [-0.15, -0.1) is 0 Å². The van der Waals surface area contributed by atoms with Gasteiger partial charge >= 0.3 is 5.97 Å². The summed E-state index contributed by atoms with van der Waals surface area (Å²) in [6.45, 7) is 4.75. The Morgan fingerprint density at radius 2 is 1.95 bits per heavy atom. The fourth-order valence-electron chi connectivity index (χ4n) is 1.94. The van der Waals surface area contributed by atoms with E-state index in [9.17, 15) is 14.7 Å². The predicted octanol–water partition coefficient (Wildman–Crippen LogP) is 3.05. The van der Waals surface area contributed by atoms with Crippen molar-refractivity contribution >= 4 is 23.2 Å². The summed E-state index contributed by atoms with van der Waals surface area (Å²) in [6.07, 6.45) is 0. The minimum absolute atomic E-state index is 0.353. The van der Waals surface area contributed by atoms with E-state index >= 15 is 0 Å². The summed E-state index contributed by atoms with van der Waals surface area (Å²) in [4.78, 5) is 29.5. The zero-order valence-electron chi connectivity index (χ0n) is 13.0. The highest BCUT2D eigenvalue weighted by Gasteiger charge is 2.36. The summed E-state index contributed by atoms with van der Waals surface area (Å²) in [5.41, 5.74) is 1.52. The van der Waals surface area contributed by atoms with Crippen LogP contribution >= 0.6 is 11.3 Å². The SMILES string of the molecule is Cc1nc(-c2ccsc2)ccc1C(=O)N(C)C(C)(C)C(=O)O. The third-order valence-corrected chi connectivity index (χ3v) is 4.48. The Morgan fingerprint density at radius 3 is 2.45 bits per heavy atom. The Kier molecular flexibility index (Phi) is 4.32. The van der Waals surface area contributed by atoms with Crippen LogP contribution in [0.3, 0.4) is 0 Å². The molecule has 0 radical (unpaired) electrons. The van der Waals surface area contributed by atoms with Crippen LogP contribution in [-0.2, 0) is 4.79 Å². The highest BCUT2D eigenvalue weighted by Crippen LogP contribution is 2.23. The van der Waals surface area contributed by atoms with Gasteiger partial charge in [-0.2, -0.15) is 11.3 Å². The Labute approximate surface area is 133 Å². The van der Waals surface area contributed by atoms with Crippen molar-refractivity contribution in [1.82, 2.24) is 9.88 Å². The molecule has 0 bridgehead atoms. The van der Waals surface area contributed by atoms with E-state index < -0.39 is 11.5 Å². The molecule has 0 saturated heterocycles. The minimum Gasteiger partial charge on any atom is -0.480 e. The number of carboxylic acids is 1. The minimum atomic E-state index is -1.28. The van der Waals surface area contributed by atoms with Crippen LogP contribution in [-0.4, -0.2) is 39.5 Å². The van der Waals surface area contributed by atoms with Crippen molar-refractivity contribution < 1.29 is 14.7 Å². The number of likely N-dealkylation sites (N-methyl/N-ethyl adjacent to an activating group) is 1. The maximum absolute atomic E-state index is 12.5. The molecule has 0 saturated carbocycles. The van der Waals surface area contributed by atoms with E-state index in [1.165, 1.54) is 25.8 Å². The third kappa shape index (κ3) is 2.87. The van der Waals surface area contributed by atoms with Crippen LogP contribution < -0.4 is 0 Å². The van der Waals surface area contributed by atoms with Crippen molar-refractivity contribution in [2.24, 2.45) is 0 Å². The van der Waals surface area contributed by atoms with E-state index in [4.69, 9.17) is 0 Å². The Balaban J connectivity index is 2.33. The molecule has 0 aromatic carbocycles. The lowest BCUT2D eigenvalue weighted by Gasteiger charge is -2.31. The van der Waals surface area contributed by atoms with Crippen LogP contribution in [0.15, 0.2) is 29.0 Å². The number of hydrogen-bond acceptors (Lipinski definition) is 4. The normalized spacial score (nSPS) is 11.3. The summed E-state index contributed by atoms with van der Waals surface area (Å²) < 4.78 is 0. The van der Waals surface area contributed by atoms with Gasteiger partial charge in [-0.05, 0) is 44.4 Å². The maximum Gasteiger partial charge on any atom is 0.329 e. The maximum atomic E-state index is 12.5. The molecule has 2 aromatic rings. The van der Waals surface area contributed by atoms with E-state index in [0.29, 0.717) is 11.3 Å². The number of pyridine rings is 1. The number of carbonyl (C=O) groups is 2. The van der Waals surface area contributed by atoms with Gasteiger partial charge in [0.05, 0.1) is 17.0 Å². The molecule has 0 spiro atoms. The topological polar surface area (TPSA) is 70.5 Å². The van der Waals surface area contributed by atoms with Gasteiger partial charge in [-0.3, -0.25) is 9.78 Å². The number of aromatic nitrogens is 1. The molecule has 0 atom stereocenters. The van der Waals surface area contributed by atoms with Crippen molar-refractivity contribution in [3.63, 3.8) is 0 Å². The Bertz CT molecular complexity index is 708. The van der Waals surface area contributed by atoms with Gasteiger partial charge in [0.15, 0.2) is 0 Å². The summed E-state index contributed by atoms with van der Waals surface area (Å²) in [6, 6.07) is 5.45. The first kappa shape index (κ1) is 16.2. The molecule has 2 rings (SSSR count). The van der Waals surface area contributed by atoms with Gasteiger partial charge < -0.3 is 10.0 Å². The van der Waals surface area contributed by atoms with Crippen molar-refractivity contribution in [1.29, 1.82) is 0 Å². The lowest BCUT2D eigenvalue weighted by atomic mass is 10.0. The molecule has 1 amide bonds. The highest BCUT2D eigenvalue weighted by molar-refractivity contribution is 7.08. The third-order valence-electron chi connectivity index (χ3n) is 3.80. The molecule has 22 heavy (non-hydrogen) atoms. The second-order valence-electron chi connectivity index (χ2n) is 5.57. The summed E-state index contributed by atoms with van der Waals surface area (Å²) in [5, 5.41) is 13.2. The first-order valence-corrected chi connectivity index (χ1v) is 7.71. The monoisotopic (exact) mass is 318 g/mol. The number of aliphatic carboxylic acids is 1. The fraction of sp³-hybridized carbons (Fsp3) is 0.312. The number of amides is 1. The second kappa shape index (κ2) is 5.88. The van der Waals surface area contributed by atoms with E-state index in [1.807, 2.05) is 16.8 Å². The number of hydrogen-bond donors (Lipinski definition) is 1. The molecule has 116 valence electrons. The molecular weight excluding hydrogens is 300 g/mol. The van der Waals surface area contributed by atoms with E-state index in [2.05, 4.69) is 4.98 Å². The van der Waals surface area contributed by atoms with Crippen molar-refractivity contribution in [2.75, 3.05) is 7.05 Å². The van der Waals surface area contributed by atoms with Crippen LogP contribution in [0.4, 0.5) is 0 Å². The van der Waals surface area contributed by atoms with Gasteiger partial charge in [0.2, 0.25) is 0 Å². The number of carboxylic acid groups (broad SMARTS) is 1. The molecule has 0 fully saturated rings. The molecule has 5 nitrogen and oxygen atoms in total. The molecule has 0 aliphatic carbocycles. The van der Waals surface area contributed by atoms with E-state index in [1.54, 1.807) is 30.4 Å². The number of nitrogens with zero attached hydrogens (tertiary/aromatic N) is 2. The molecule has 0 unspecified atom stereocenters. The lowest BCUT2D eigenvalue weighted by molar-refractivity contribution is -0.147. The van der Waals surface area contributed by atoms with Gasteiger partial charge in [-0.25, -0.2) is 4.79 Å². The van der Waals surface area contributed by atoms with Gasteiger partial charge in [0.25, 0.3) is 5.91 Å². The van der Waals surface area contributed by atoms with Gasteiger partial charge in [0, 0.05) is 18.0 Å². The second-order valence-corrected chi connectivity index (χ2v) is 6.35. The Hall–Kier alpha value is -2.21. The van der Waals surface area contributed by atoms with Crippen LogP contribution in [0.5, 0.6) is 0 Å². The van der Waals surface area contributed by atoms with E-state index in [0.717, 1.165) is 11.3 Å². The fourth-order valence-corrected chi connectivity index (χ4v) is 2.59. The largest absolute Gasteiger partial charge is 0.480 e. The molecule has 2 aromatic heterocycles. The molecular formula is C16H18N2O3S. The van der Waals surface area contributed by atoms with Gasteiger partial charge in [-0.1, -0.05) is 0 Å². The lowest BCUT2D eigenvalue weighted by Crippen LogP contribution is -2.50. The zero-order valence-corrected chi connectivity index (χ0v) is 13.8. The number of carbonyl (C=O) groups excluding carboxylic acids is 1. The quantitative estimate of drug-likeness (QED) is 0.940. The smallest absolute Gasteiger partial charge is 0.329 e. The van der Waals surface area contributed by atoms with Crippen molar-refractivity contribution in [2.45, 2.75) is 26.3 Å². The van der Waals surface area contributed by atoms with Crippen LogP contribution in [0, 0.1) is 6.92 Å². The summed E-state index contributed by atoms with van der Waals surface area (Å²) in [5.74, 6) is -1.40. The number of aryl methyl sites for hydroxylation is 1. The summed E-state index contributed by atoms with van der Waals surface area (Å²) in [7, 11) is 1.49. The molecule has 1 N–H and O–H groups in total. The average Bonchev–Trinajstić information content (AvgIpc) is 2.99. The average molecular weight is 318 g/mol. The van der Waals surface area contributed by atoms with Crippen molar-refractivity contribution in [3.05, 3.63) is 40.2 Å². The van der Waals surface area contributed by atoms with Crippen molar-refractivity contribution in [3.8, 4) is 11.3 Å². The number of thiophene rings is 1. The van der Waals surface area contributed by atoms with Crippen LogP contribution in [0.2, 0.25) is 0 Å². The first-order valence-electron chi connectivity index (χ1n) is 6.77. The zero-order chi connectivity index (χ0) is 16.5. The predicted molar refractivity (Wildman–Crippen MR) is 86.1 cm³/mol. The standard InChI is InChI=1S/C16H18N2O3S/c1-10-12(14(19)18(4)16(2,3)15(20)21)5-6-13(17-10)11-7-8-22-9-11/h5-9H,1-4H3,(H,20,21). The Morgan fingerprint density at radius 1 is 1.27 bits per heavy atom.